The summed E-state index contributed by atoms with van der Waals surface area (Å²) < 4.78 is 0. The Labute approximate surface area is 51.6 Å². The molecule has 0 saturated carbocycles. The maximum atomic E-state index is 4.89. The van der Waals surface area contributed by atoms with Crippen LogP contribution in [0.3, 0.4) is 0 Å². The number of hydrazone groups is 1. The molecule has 0 amide bonds. The van der Waals surface area contributed by atoms with Crippen molar-refractivity contribution < 1.29 is 0 Å². The second-order valence-corrected chi connectivity index (χ2v) is 2.11. The van der Waals surface area contributed by atoms with Crippen LogP contribution >= 0.6 is 11.3 Å². The SMILES string of the molecule is N/N=C/c1ccsc1. The predicted molar refractivity (Wildman–Crippen MR) is 36.1 cm³/mol. The number of thiophene rings is 1. The molecule has 42 valence electrons. The van der Waals surface area contributed by atoms with Gasteiger partial charge in [0.15, 0.2) is 0 Å². The highest BCUT2D eigenvalue weighted by molar-refractivity contribution is 7.08. The minimum Gasteiger partial charge on any atom is -0.323 e. The third-order valence-electron chi connectivity index (χ3n) is 0.767. The first-order valence-electron chi connectivity index (χ1n) is 2.19. The number of hydrogen-bond acceptors (Lipinski definition) is 3. The van der Waals surface area contributed by atoms with E-state index in [-0.39, 0.29) is 0 Å². The molecule has 2 nitrogen and oxygen atoms in total. The van der Waals surface area contributed by atoms with Crippen LogP contribution in [0.4, 0.5) is 0 Å². The Bertz CT molecular complexity index is 167. The molecule has 1 aromatic heterocycles. The topological polar surface area (TPSA) is 38.4 Å². The molecule has 0 aliphatic carbocycles. The van der Waals surface area contributed by atoms with Crippen LogP contribution in [0.15, 0.2) is 21.9 Å². The summed E-state index contributed by atoms with van der Waals surface area (Å²) in [4.78, 5) is 0. The Hall–Kier alpha value is -0.830. The summed E-state index contributed by atoms with van der Waals surface area (Å²) in [5.41, 5.74) is 1.07. The summed E-state index contributed by atoms with van der Waals surface area (Å²) in [7, 11) is 0. The van der Waals surface area contributed by atoms with Gasteiger partial charge in [-0.3, -0.25) is 0 Å². The van der Waals surface area contributed by atoms with Crippen molar-refractivity contribution in [3.63, 3.8) is 0 Å². The van der Waals surface area contributed by atoms with Gasteiger partial charge in [0.25, 0.3) is 0 Å². The van der Waals surface area contributed by atoms with Crippen molar-refractivity contribution in [3.05, 3.63) is 22.4 Å². The third kappa shape index (κ3) is 1.07. The molecular weight excluding hydrogens is 120 g/mol. The minimum atomic E-state index is 1.07. The largest absolute Gasteiger partial charge is 0.323 e. The van der Waals surface area contributed by atoms with Crippen molar-refractivity contribution in [2.24, 2.45) is 10.9 Å². The highest BCUT2D eigenvalue weighted by Gasteiger charge is 1.81. The van der Waals surface area contributed by atoms with Crippen LogP contribution in [0, 0.1) is 0 Å². The lowest BCUT2D eigenvalue weighted by Crippen LogP contribution is -1.81. The molecule has 1 rings (SSSR count). The molecule has 0 atom stereocenters. The molecule has 0 aromatic carbocycles. The fraction of sp³-hybridized carbons (Fsp3) is 0. The molecule has 2 N–H and O–H groups in total. The van der Waals surface area contributed by atoms with Crippen molar-refractivity contribution in [1.82, 2.24) is 0 Å². The summed E-state index contributed by atoms with van der Waals surface area (Å²) in [5.74, 6) is 4.89. The first-order chi connectivity index (χ1) is 3.93. The third-order valence-corrected chi connectivity index (χ3v) is 1.47. The van der Waals surface area contributed by atoms with Gasteiger partial charge in [-0.15, -0.1) is 0 Å². The van der Waals surface area contributed by atoms with E-state index in [4.69, 9.17) is 5.84 Å². The van der Waals surface area contributed by atoms with Crippen LogP contribution in [-0.4, -0.2) is 6.21 Å². The maximum absolute atomic E-state index is 4.89. The van der Waals surface area contributed by atoms with Gasteiger partial charge in [-0.1, -0.05) is 0 Å². The standard InChI is InChI=1S/C5H6N2S/c6-7-3-5-1-2-8-4-5/h1-4H,6H2/b7-3+. The summed E-state index contributed by atoms with van der Waals surface area (Å²) in [6.45, 7) is 0. The van der Waals surface area contributed by atoms with Crippen LogP contribution in [0.25, 0.3) is 0 Å². The molecule has 8 heavy (non-hydrogen) atoms. The van der Waals surface area contributed by atoms with Crippen molar-refractivity contribution in [1.29, 1.82) is 0 Å². The van der Waals surface area contributed by atoms with Crippen LogP contribution in [0.2, 0.25) is 0 Å². The lowest BCUT2D eigenvalue weighted by atomic mass is 10.4. The average Bonchev–Trinajstić information content (AvgIpc) is 2.19. The number of rotatable bonds is 1. The van der Waals surface area contributed by atoms with Crippen LogP contribution < -0.4 is 5.84 Å². The van der Waals surface area contributed by atoms with Gasteiger partial charge in [-0.25, -0.2) is 0 Å². The monoisotopic (exact) mass is 126 g/mol. The van der Waals surface area contributed by atoms with E-state index in [1.807, 2.05) is 16.8 Å². The van der Waals surface area contributed by atoms with Crippen LogP contribution in [-0.2, 0) is 0 Å². The first kappa shape index (κ1) is 5.31. The van der Waals surface area contributed by atoms with E-state index in [9.17, 15) is 0 Å². The normalized spacial score (nSPS) is 10.5. The van der Waals surface area contributed by atoms with E-state index < -0.39 is 0 Å². The number of nitrogens with zero attached hydrogens (tertiary/aromatic N) is 1. The van der Waals surface area contributed by atoms with Crippen molar-refractivity contribution in [3.8, 4) is 0 Å². The molecule has 0 saturated heterocycles. The zero-order valence-electron chi connectivity index (χ0n) is 4.24. The number of nitrogens with two attached hydrogens (primary N) is 1. The van der Waals surface area contributed by atoms with Gasteiger partial charge in [0, 0.05) is 5.56 Å². The Morgan fingerprint density at radius 3 is 3.12 bits per heavy atom. The Morgan fingerprint density at radius 2 is 2.62 bits per heavy atom. The molecule has 0 fully saturated rings. The predicted octanol–water partition coefficient (Wildman–Crippen LogP) is 1.04. The maximum Gasteiger partial charge on any atom is 0.0546 e. The van der Waals surface area contributed by atoms with Crippen LogP contribution in [0.1, 0.15) is 5.56 Å². The van der Waals surface area contributed by atoms with E-state index in [2.05, 4.69) is 5.10 Å². The molecule has 1 heterocycles. The molecule has 0 radical (unpaired) electrons. The fourth-order valence-corrected chi connectivity index (χ4v) is 1.05. The van der Waals surface area contributed by atoms with E-state index in [1.54, 1.807) is 17.6 Å². The molecule has 0 aliphatic heterocycles. The Kier molecular flexibility index (Phi) is 1.64. The van der Waals surface area contributed by atoms with Gasteiger partial charge in [-0.2, -0.15) is 16.4 Å². The van der Waals surface area contributed by atoms with Crippen LogP contribution in [0.5, 0.6) is 0 Å². The summed E-state index contributed by atoms with van der Waals surface area (Å²) >= 11 is 1.63. The van der Waals surface area contributed by atoms with E-state index >= 15 is 0 Å². The number of hydrogen-bond donors (Lipinski definition) is 1. The average molecular weight is 126 g/mol. The highest BCUT2D eigenvalue weighted by Crippen LogP contribution is 2.01. The molecular formula is C5H6N2S. The fourth-order valence-electron chi connectivity index (χ4n) is 0.435. The van der Waals surface area contributed by atoms with Gasteiger partial charge in [-0.05, 0) is 16.8 Å². The molecule has 3 heteroatoms. The lowest BCUT2D eigenvalue weighted by Gasteiger charge is -1.74. The van der Waals surface area contributed by atoms with Crippen molar-refractivity contribution >= 4 is 17.6 Å². The van der Waals surface area contributed by atoms with Crippen molar-refractivity contribution in [2.75, 3.05) is 0 Å². The minimum absolute atomic E-state index is 1.07. The summed E-state index contributed by atoms with van der Waals surface area (Å²) in [5, 5.41) is 7.33. The zero-order chi connectivity index (χ0) is 5.82. The second kappa shape index (κ2) is 2.47. The van der Waals surface area contributed by atoms with E-state index in [1.165, 1.54) is 0 Å². The van der Waals surface area contributed by atoms with Gasteiger partial charge in [0.2, 0.25) is 0 Å². The Morgan fingerprint density at radius 1 is 1.75 bits per heavy atom. The van der Waals surface area contributed by atoms with E-state index in [0.717, 1.165) is 5.56 Å². The van der Waals surface area contributed by atoms with Gasteiger partial charge in [0.05, 0.1) is 6.21 Å². The summed E-state index contributed by atoms with van der Waals surface area (Å²) in [6.07, 6.45) is 1.62. The molecule has 0 bridgehead atoms. The van der Waals surface area contributed by atoms with Gasteiger partial charge < -0.3 is 5.84 Å². The molecule has 1 aromatic rings. The smallest absolute Gasteiger partial charge is 0.0546 e. The van der Waals surface area contributed by atoms with E-state index in [0.29, 0.717) is 0 Å². The summed E-state index contributed by atoms with van der Waals surface area (Å²) in [6, 6.07) is 1.96. The molecule has 0 spiro atoms. The van der Waals surface area contributed by atoms with Gasteiger partial charge in [0.1, 0.15) is 0 Å². The first-order valence-corrected chi connectivity index (χ1v) is 3.13. The molecule has 0 aliphatic rings. The lowest BCUT2D eigenvalue weighted by molar-refractivity contribution is 1.26. The molecule has 0 unspecified atom stereocenters. The second-order valence-electron chi connectivity index (χ2n) is 1.33. The quantitative estimate of drug-likeness (QED) is 0.341. The van der Waals surface area contributed by atoms with Gasteiger partial charge >= 0.3 is 0 Å². The Balaban J connectivity index is 2.77. The highest BCUT2D eigenvalue weighted by atomic mass is 32.1. The zero-order valence-corrected chi connectivity index (χ0v) is 5.06. The van der Waals surface area contributed by atoms with Crippen molar-refractivity contribution in [2.45, 2.75) is 0 Å².